The summed E-state index contributed by atoms with van der Waals surface area (Å²) >= 11 is 7.61. The van der Waals surface area contributed by atoms with Crippen molar-refractivity contribution in [2.24, 2.45) is 0 Å². The van der Waals surface area contributed by atoms with Crippen molar-refractivity contribution in [1.82, 2.24) is 4.72 Å². The van der Waals surface area contributed by atoms with Crippen LogP contribution in [0.15, 0.2) is 29.2 Å². The lowest BCUT2D eigenvalue weighted by atomic mass is 10.1. The van der Waals surface area contributed by atoms with Gasteiger partial charge in [-0.15, -0.1) is 0 Å². The molecule has 0 saturated carbocycles. The Hall–Kier alpha value is -0.270. The van der Waals surface area contributed by atoms with E-state index < -0.39 is 16.1 Å². The quantitative estimate of drug-likeness (QED) is 0.369. The van der Waals surface area contributed by atoms with Crippen LogP contribution in [-0.4, -0.2) is 37.2 Å². The zero-order valence-corrected chi connectivity index (χ0v) is 18.9. The highest BCUT2D eigenvalue weighted by Gasteiger charge is 2.22. The summed E-state index contributed by atoms with van der Waals surface area (Å²) in [5.41, 5.74) is 0. The number of benzene rings is 1. The van der Waals surface area contributed by atoms with Gasteiger partial charge in [-0.25, -0.2) is 13.1 Å². The predicted octanol–water partition coefficient (Wildman–Crippen LogP) is 5.24. The Morgan fingerprint density at radius 1 is 1.07 bits per heavy atom. The van der Waals surface area contributed by atoms with Gasteiger partial charge in [0.2, 0.25) is 10.0 Å². The number of halogens is 1. The summed E-state index contributed by atoms with van der Waals surface area (Å²) in [6, 6.07) is 5.88. The molecule has 156 valence electrons. The van der Waals surface area contributed by atoms with E-state index in [1.807, 2.05) is 0 Å². The van der Waals surface area contributed by atoms with Crippen LogP contribution in [-0.2, 0) is 10.0 Å². The largest absolute Gasteiger partial charge is 0.393 e. The Balaban J connectivity index is 2.68. The number of unbranched alkanes of at least 4 members (excludes halogenated alkanes) is 4. The zero-order valence-electron chi connectivity index (χ0n) is 16.5. The Bertz CT molecular complexity index is 608. The Morgan fingerprint density at radius 3 is 2.33 bits per heavy atom. The zero-order chi connectivity index (χ0) is 20.1. The second-order valence-corrected chi connectivity index (χ2v) is 10.2. The van der Waals surface area contributed by atoms with E-state index in [1.165, 1.54) is 25.0 Å². The number of hydrogen-bond acceptors (Lipinski definition) is 4. The Kier molecular flexibility index (Phi) is 12.7. The standard InChI is InChI=1S/C20H34ClNO3S2/c1-3-5-7-9-19(23)15-18(16-26-14-8-6-4-2)22-27(24,25)20-12-10-17(21)11-13-20/h10-13,18-19,22-23H,3-9,14-16H2,1-2H3. The highest BCUT2D eigenvalue weighted by atomic mass is 35.5. The van der Waals surface area contributed by atoms with Gasteiger partial charge in [0.1, 0.15) is 0 Å². The number of aliphatic hydroxyl groups excluding tert-OH is 1. The maximum absolute atomic E-state index is 12.7. The van der Waals surface area contributed by atoms with Crippen molar-refractivity contribution in [3.05, 3.63) is 29.3 Å². The van der Waals surface area contributed by atoms with E-state index in [0.29, 0.717) is 23.6 Å². The number of nitrogens with one attached hydrogen (secondary N) is 1. The lowest BCUT2D eigenvalue weighted by Gasteiger charge is -2.21. The summed E-state index contributed by atoms with van der Waals surface area (Å²) in [5.74, 6) is 1.68. The van der Waals surface area contributed by atoms with E-state index >= 15 is 0 Å². The predicted molar refractivity (Wildman–Crippen MR) is 117 cm³/mol. The third-order valence-electron chi connectivity index (χ3n) is 4.35. The fraction of sp³-hybridized carbons (Fsp3) is 0.700. The number of hydrogen-bond donors (Lipinski definition) is 2. The first-order valence-electron chi connectivity index (χ1n) is 9.92. The highest BCUT2D eigenvalue weighted by Crippen LogP contribution is 2.18. The average molecular weight is 436 g/mol. The third-order valence-corrected chi connectivity index (χ3v) is 7.36. The number of thioether (sulfide) groups is 1. The van der Waals surface area contributed by atoms with Crippen LogP contribution < -0.4 is 4.72 Å². The van der Waals surface area contributed by atoms with Crippen LogP contribution in [0.5, 0.6) is 0 Å². The summed E-state index contributed by atoms with van der Waals surface area (Å²) in [6.45, 7) is 4.29. The van der Waals surface area contributed by atoms with E-state index in [-0.39, 0.29) is 10.9 Å². The minimum Gasteiger partial charge on any atom is -0.393 e. The van der Waals surface area contributed by atoms with Gasteiger partial charge < -0.3 is 5.11 Å². The summed E-state index contributed by atoms with van der Waals surface area (Å²) < 4.78 is 28.2. The lowest BCUT2D eigenvalue weighted by Crippen LogP contribution is -2.39. The van der Waals surface area contributed by atoms with Gasteiger partial charge in [0.25, 0.3) is 0 Å². The molecule has 2 atom stereocenters. The first-order valence-corrected chi connectivity index (χ1v) is 12.9. The molecule has 1 rings (SSSR count). The molecule has 0 amide bonds. The van der Waals surface area contributed by atoms with Gasteiger partial charge in [-0.1, -0.05) is 57.6 Å². The maximum Gasteiger partial charge on any atom is 0.240 e. The van der Waals surface area contributed by atoms with Gasteiger partial charge in [0.15, 0.2) is 0 Å². The molecule has 1 aromatic carbocycles. The first kappa shape index (κ1) is 24.8. The molecule has 0 saturated heterocycles. The molecule has 7 heteroatoms. The number of aliphatic hydroxyl groups is 1. The summed E-state index contributed by atoms with van der Waals surface area (Å²) in [7, 11) is -3.63. The van der Waals surface area contributed by atoms with Crippen LogP contribution in [0.4, 0.5) is 0 Å². The Labute approximate surface area is 174 Å². The van der Waals surface area contributed by atoms with Crippen LogP contribution in [0, 0.1) is 0 Å². The molecule has 0 spiro atoms. The van der Waals surface area contributed by atoms with Gasteiger partial charge in [0.05, 0.1) is 11.0 Å². The van der Waals surface area contributed by atoms with Crippen molar-refractivity contribution in [3.8, 4) is 0 Å². The molecule has 0 aliphatic rings. The monoisotopic (exact) mass is 435 g/mol. The molecule has 0 bridgehead atoms. The van der Waals surface area contributed by atoms with E-state index in [4.69, 9.17) is 11.6 Å². The van der Waals surface area contributed by atoms with Crippen LogP contribution in [0.25, 0.3) is 0 Å². The first-order chi connectivity index (χ1) is 12.9. The molecular formula is C20H34ClNO3S2. The molecule has 0 heterocycles. The van der Waals surface area contributed by atoms with Crippen LogP contribution in [0.3, 0.4) is 0 Å². The second kappa shape index (κ2) is 13.8. The summed E-state index contributed by atoms with van der Waals surface area (Å²) in [6.07, 6.45) is 7.33. The van der Waals surface area contributed by atoms with Gasteiger partial charge in [-0.05, 0) is 49.3 Å². The molecule has 0 aromatic heterocycles. The van der Waals surface area contributed by atoms with E-state index in [9.17, 15) is 13.5 Å². The van der Waals surface area contributed by atoms with Crippen LogP contribution in [0.2, 0.25) is 5.02 Å². The number of sulfonamides is 1. The average Bonchev–Trinajstić information content (AvgIpc) is 2.61. The van der Waals surface area contributed by atoms with E-state index in [0.717, 1.165) is 31.4 Å². The van der Waals surface area contributed by atoms with Crippen molar-refractivity contribution < 1.29 is 13.5 Å². The van der Waals surface area contributed by atoms with E-state index in [1.54, 1.807) is 23.9 Å². The van der Waals surface area contributed by atoms with Gasteiger partial charge in [-0.3, -0.25) is 0 Å². The van der Waals surface area contributed by atoms with Gasteiger partial charge >= 0.3 is 0 Å². The molecule has 27 heavy (non-hydrogen) atoms. The molecular weight excluding hydrogens is 402 g/mol. The van der Waals surface area contributed by atoms with Crippen molar-refractivity contribution in [2.75, 3.05) is 11.5 Å². The Morgan fingerprint density at radius 2 is 1.70 bits per heavy atom. The SMILES string of the molecule is CCCCCSCC(CC(O)CCCCC)NS(=O)(=O)c1ccc(Cl)cc1. The maximum atomic E-state index is 12.7. The minimum atomic E-state index is -3.63. The van der Waals surface area contributed by atoms with Gasteiger partial charge in [-0.2, -0.15) is 11.8 Å². The van der Waals surface area contributed by atoms with E-state index in [2.05, 4.69) is 18.6 Å². The molecule has 0 aliphatic heterocycles. The van der Waals surface area contributed by atoms with Gasteiger partial charge in [0, 0.05) is 16.8 Å². The molecule has 4 nitrogen and oxygen atoms in total. The molecule has 2 N–H and O–H groups in total. The highest BCUT2D eigenvalue weighted by molar-refractivity contribution is 7.99. The molecule has 0 fully saturated rings. The molecule has 0 aliphatic carbocycles. The van der Waals surface area contributed by atoms with Crippen LogP contribution in [0.1, 0.15) is 65.2 Å². The molecule has 1 aromatic rings. The topological polar surface area (TPSA) is 66.4 Å². The van der Waals surface area contributed by atoms with Crippen LogP contribution >= 0.6 is 23.4 Å². The van der Waals surface area contributed by atoms with Crippen molar-refractivity contribution in [1.29, 1.82) is 0 Å². The lowest BCUT2D eigenvalue weighted by molar-refractivity contribution is 0.143. The van der Waals surface area contributed by atoms with Crippen molar-refractivity contribution >= 4 is 33.4 Å². The smallest absolute Gasteiger partial charge is 0.240 e. The molecule has 0 radical (unpaired) electrons. The second-order valence-electron chi connectivity index (χ2n) is 6.94. The summed E-state index contributed by atoms with van der Waals surface area (Å²) in [4.78, 5) is 0.202. The van der Waals surface area contributed by atoms with Crippen molar-refractivity contribution in [3.63, 3.8) is 0 Å². The third kappa shape index (κ3) is 10.7. The fourth-order valence-electron chi connectivity index (χ4n) is 2.81. The van der Waals surface area contributed by atoms with Crippen molar-refractivity contribution in [2.45, 2.75) is 82.3 Å². The normalized spacial score (nSPS) is 14.2. The molecule has 2 unspecified atom stereocenters. The fourth-order valence-corrected chi connectivity index (χ4v) is 5.37. The minimum absolute atomic E-state index is 0.202. The number of rotatable bonds is 15. The summed E-state index contributed by atoms with van der Waals surface area (Å²) in [5, 5.41) is 10.8.